The Bertz CT molecular complexity index is 171. The van der Waals surface area contributed by atoms with E-state index in [2.05, 4.69) is 18.7 Å². The summed E-state index contributed by atoms with van der Waals surface area (Å²) in [4.78, 5) is 12.6. The predicted molar refractivity (Wildman–Crippen MR) is 58.7 cm³/mol. The zero-order valence-electron chi connectivity index (χ0n) is 9.49. The van der Waals surface area contributed by atoms with Crippen molar-refractivity contribution in [2.75, 3.05) is 20.1 Å². The number of amides is 1. The number of carbonyl (C=O) groups is 1. The van der Waals surface area contributed by atoms with E-state index in [9.17, 15) is 4.79 Å². The van der Waals surface area contributed by atoms with Crippen molar-refractivity contribution >= 4 is 5.91 Å². The van der Waals surface area contributed by atoms with Crippen LogP contribution in [0.4, 0.5) is 0 Å². The van der Waals surface area contributed by atoms with Crippen LogP contribution in [-0.2, 0) is 4.79 Å². The van der Waals surface area contributed by atoms with E-state index in [1.807, 2.05) is 7.05 Å². The van der Waals surface area contributed by atoms with Gasteiger partial charge >= 0.3 is 0 Å². The average Bonchev–Trinajstić information content (AvgIpc) is 2.10. The fraction of sp³-hybridized carbons (Fsp3) is 0.900. The Morgan fingerprint density at radius 3 is 2.36 bits per heavy atom. The van der Waals surface area contributed by atoms with Crippen LogP contribution in [0, 0.1) is 5.92 Å². The highest BCUT2D eigenvalue weighted by atomic mass is 16.1. The van der Waals surface area contributed by atoms with Gasteiger partial charge in [-0.1, -0.05) is 13.8 Å². The molecule has 4 N–H and O–H groups in total. The summed E-state index contributed by atoms with van der Waals surface area (Å²) in [6.45, 7) is 5.88. The van der Waals surface area contributed by atoms with Gasteiger partial charge in [0.25, 0.3) is 0 Å². The lowest BCUT2D eigenvalue weighted by Crippen LogP contribution is -2.33. The summed E-state index contributed by atoms with van der Waals surface area (Å²) in [5.74, 6) is 0.268. The van der Waals surface area contributed by atoms with Crippen molar-refractivity contribution in [3.63, 3.8) is 0 Å². The molecule has 84 valence electrons. The van der Waals surface area contributed by atoms with Crippen molar-refractivity contribution in [2.24, 2.45) is 17.4 Å². The Morgan fingerprint density at radius 2 is 1.93 bits per heavy atom. The van der Waals surface area contributed by atoms with Gasteiger partial charge in [0, 0.05) is 19.0 Å². The first-order valence-corrected chi connectivity index (χ1v) is 5.16. The molecule has 0 aromatic carbocycles. The maximum Gasteiger partial charge on any atom is 0.218 e. The highest BCUT2D eigenvalue weighted by molar-refractivity contribution is 5.73. The largest absolute Gasteiger partial charge is 0.370 e. The number of rotatable bonds is 7. The first-order valence-electron chi connectivity index (χ1n) is 5.16. The van der Waals surface area contributed by atoms with Crippen LogP contribution in [0.2, 0.25) is 0 Å². The summed E-state index contributed by atoms with van der Waals surface area (Å²) in [5.41, 5.74) is 11.0. The SMILES string of the molecule is CC(C)C(N)CCN(C)CCC(N)=O. The molecule has 14 heavy (non-hydrogen) atoms. The summed E-state index contributed by atoms with van der Waals surface area (Å²) >= 11 is 0. The van der Waals surface area contributed by atoms with Crippen molar-refractivity contribution in [3.05, 3.63) is 0 Å². The summed E-state index contributed by atoms with van der Waals surface area (Å²) in [6, 6.07) is 0.242. The van der Waals surface area contributed by atoms with E-state index in [0.29, 0.717) is 12.3 Å². The topological polar surface area (TPSA) is 72.3 Å². The van der Waals surface area contributed by atoms with Gasteiger partial charge in [0.05, 0.1) is 0 Å². The van der Waals surface area contributed by atoms with E-state index in [4.69, 9.17) is 11.5 Å². The van der Waals surface area contributed by atoms with Crippen LogP contribution in [0.3, 0.4) is 0 Å². The third kappa shape index (κ3) is 6.86. The van der Waals surface area contributed by atoms with Gasteiger partial charge in [-0.15, -0.1) is 0 Å². The second-order valence-corrected chi connectivity index (χ2v) is 4.22. The molecule has 1 amide bonds. The third-order valence-corrected chi connectivity index (χ3v) is 2.44. The van der Waals surface area contributed by atoms with Crippen LogP contribution >= 0.6 is 0 Å². The standard InChI is InChI=1S/C10H23N3O/c1-8(2)9(11)4-6-13(3)7-5-10(12)14/h8-9H,4-7,11H2,1-3H3,(H2,12,14). The van der Waals surface area contributed by atoms with Gasteiger partial charge < -0.3 is 16.4 Å². The first-order chi connectivity index (χ1) is 6.43. The molecule has 0 saturated heterocycles. The Morgan fingerprint density at radius 1 is 1.36 bits per heavy atom. The molecule has 0 aliphatic heterocycles. The number of carbonyl (C=O) groups excluding carboxylic acids is 1. The number of nitrogens with two attached hydrogens (primary N) is 2. The van der Waals surface area contributed by atoms with E-state index >= 15 is 0 Å². The molecule has 0 fully saturated rings. The van der Waals surface area contributed by atoms with Crippen molar-refractivity contribution in [3.8, 4) is 0 Å². The lowest BCUT2D eigenvalue weighted by Gasteiger charge is -2.20. The number of hydrogen-bond donors (Lipinski definition) is 2. The molecule has 0 aliphatic rings. The molecule has 1 unspecified atom stereocenters. The second-order valence-electron chi connectivity index (χ2n) is 4.22. The monoisotopic (exact) mass is 201 g/mol. The van der Waals surface area contributed by atoms with Crippen molar-refractivity contribution in [2.45, 2.75) is 32.7 Å². The van der Waals surface area contributed by atoms with E-state index in [-0.39, 0.29) is 11.9 Å². The number of primary amides is 1. The Labute approximate surface area is 86.6 Å². The molecular formula is C10H23N3O. The molecule has 0 radical (unpaired) electrons. The van der Waals surface area contributed by atoms with Gasteiger partial charge in [0.2, 0.25) is 5.91 Å². The van der Waals surface area contributed by atoms with Crippen molar-refractivity contribution < 1.29 is 4.79 Å². The van der Waals surface area contributed by atoms with Gasteiger partial charge in [0.15, 0.2) is 0 Å². The molecule has 0 spiro atoms. The molecule has 4 heteroatoms. The van der Waals surface area contributed by atoms with Crippen LogP contribution in [-0.4, -0.2) is 37.0 Å². The molecule has 0 aliphatic carbocycles. The summed E-state index contributed by atoms with van der Waals surface area (Å²) in [7, 11) is 1.98. The molecule has 1 atom stereocenters. The van der Waals surface area contributed by atoms with Crippen molar-refractivity contribution in [1.29, 1.82) is 0 Å². The van der Waals surface area contributed by atoms with E-state index in [0.717, 1.165) is 19.5 Å². The number of hydrogen-bond acceptors (Lipinski definition) is 3. The minimum Gasteiger partial charge on any atom is -0.370 e. The highest BCUT2D eigenvalue weighted by Gasteiger charge is 2.08. The second kappa shape index (κ2) is 6.79. The quantitative estimate of drug-likeness (QED) is 0.616. The third-order valence-electron chi connectivity index (χ3n) is 2.44. The molecular weight excluding hydrogens is 178 g/mol. The summed E-state index contributed by atoms with van der Waals surface area (Å²) < 4.78 is 0. The zero-order chi connectivity index (χ0) is 11.1. The van der Waals surface area contributed by atoms with Crippen LogP contribution in [0.5, 0.6) is 0 Å². The van der Waals surface area contributed by atoms with E-state index in [1.54, 1.807) is 0 Å². The molecule has 0 aromatic heterocycles. The predicted octanol–water partition coefficient (Wildman–Crippen LogP) is 0.167. The van der Waals surface area contributed by atoms with Crippen LogP contribution in [0.15, 0.2) is 0 Å². The normalized spacial score (nSPS) is 13.6. The minimum atomic E-state index is -0.245. The fourth-order valence-electron chi connectivity index (χ4n) is 1.12. The molecule has 0 saturated carbocycles. The maximum absolute atomic E-state index is 10.5. The maximum atomic E-state index is 10.5. The van der Waals surface area contributed by atoms with Gasteiger partial charge in [-0.3, -0.25) is 4.79 Å². The molecule has 0 bridgehead atoms. The summed E-state index contributed by atoms with van der Waals surface area (Å²) in [6.07, 6.45) is 1.39. The Hall–Kier alpha value is -0.610. The molecule has 4 nitrogen and oxygen atoms in total. The van der Waals surface area contributed by atoms with Gasteiger partial charge in [-0.2, -0.15) is 0 Å². The van der Waals surface area contributed by atoms with Crippen LogP contribution < -0.4 is 11.5 Å². The van der Waals surface area contributed by atoms with E-state index < -0.39 is 0 Å². The Kier molecular flexibility index (Phi) is 6.49. The van der Waals surface area contributed by atoms with Crippen LogP contribution in [0.1, 0.15) is 26.7 Å². The summed E-state index contributed by atoms with van der Waals surface area (Å²) in [5, 5.41) is 0. The highest BCUT2D eigenvalue weighted by Crippen LogP contribution is 2.03. The lowest BCUT2D eigenvalue weighted by molar-refractivity contribution is -0.118. The van der Waals surface area contributed by atoms with E-state index in [1.165, 1.54) is 0 Å². The van der Waals surface area contributed by atoms with Crippen LogP contribution in [0.25, 0.3) is 0 Å². The van der Waals surface area contributed by atoms with Gasteiger partial charge in [0.1, 0.15) is 0 Å². The molecule has 0 rings (SSSR count). The fourth-order valence-corrected chi connectivity index (χ4v) is 1.12. The van der Waals surface area contributed by atoms with Gasteiger partial charge in [-0.25, -0.2) is 0 Å². The smallest absolute Gasteiger partial charge is 0.218 e. The molecule has 0 aromatic rings. The minimum absolute atomic E-state index is 0.242. The zero-order valence-corrected chi connectivity index (χ0v) is 9.49. The molecule has 0 heterocycles. The van der Waals surface area contributed by atoms with Gasteiger partial charge in [-0.05, 0) is 25.9 Å². The number of nitrogens with zero attached hydrogens (tertiary/aromatic N) is 1. The first kappa shape index (κ1) is 13.4. The van der Waals surface area contributed by atoms with Crippen molar-refractivity contribution in [1.82, 2.24) is 4.90 Å². The Balaban J connectivity index is 3.53. The average molecular weight is 201 g/mol. The lowest BCUT2D eigenvalue weighted by atomic mass is 10.0.